The van der Waals surface area contributed by atoms with Gasteiger partial charge in [-0.05, 0) is 43.5 Å². The van der Waals surface area contributed by atoms with Crippen molar-refractivity contribution in [3.05, 3.63) is 82.5 Å². The predicted octanol–water partition coefficient (Wildman–Crippen LogP) is 3.25. The lowest BCUT2D eigenvalue weighted by molar-refractivity contribution is 0.0570. The first kappa shape index (κ1) is 19.1. The quantitative estimate of drug-likeness (QED) is 0.506. The third kappa shape index (κ3) is 3.37. The molecule has 31 heavy (non-hydrogen) atoms. The van der Waals surface area contributed by atoms with E-state index in [1.54, 1.807) is 47.5 Å². The Morgan fingerprint density at radius 2 is 1.94 bits per heavy atom. The Balaban J connectivity index is 1.49. The van der Waals surface area contributed by atoms with E-state index in [2.05, 4.69) is 15.2 Å². The molecule has 4 heterocycles. The molecule has 0 spiro atoms. The summed E-state index contributed by atoms with van der Waals surface area (Å²) in [6, 6.07) is 10.8. The molecule has 1 aromatic carbocycles. The number of hydrogen-bond donors (Lipinski definition) is 0. The number of amides is 1. The second kappa shape index (κ2) is 7.75. The Morgan fingerprint density at radius 1 is 1.10 bits per heavy atom. The van der Waals surface area contributed by atoms with Gasteiger partial charge in [0.2, 0.25) is 5.89 Å². The zero-order valence-electron chi connectivity index (χ0n) is 16.4. The molecule has 1 atom stereocenters. The van der Waals surface area contributed by atoms with Crippen LogP contribution >= 0.6 is 0 Å². The number of piperidine rings is 1. The van der Waals surface area contributed by atoms with Gasteiger partial charge in [-0.15, -0.1) is 10.2 Å². The van der Waals surface area contributed by atoms with Crippen molar-refractivity contribution >= 4 is 11.6 Å². The van der Waals surface area contributed by atoms with Crippen LogP contribution in [0.15, 0.2) is 64.1 Å². The van der Waals surface area contributed by atoms with E-state index in [9.17, 15) is 14.0 Å². The van der Waals surface area contributed by atoms with E-state index >= 15 is 0 Å². The molecule has 0 saturated carbocycles. The molecule has 0 unspecified atom stereocenters. The summed E-state index contributed by atoms with van der Waals surface area (Å²) < 4.78 is 21.2. The molecule has 4 aromatic rings. The molecule has 8 nitrogen and oxygen atoms in total. The molecule has 1 amide bonds. The van der Waals surface area contributed by atoms with Crippen LogP contribution in [0.4, 0.5) is 4.39 Å². The summed E-state index contributed by atoms with van der Waals surface area (Å²) in [6.45, 7) is 0.442. The van der Waals surface area contributed by atoms with Gasteiger partial charge in [-0.3, -0.25) is 14.0 Å². The maximum atomic E-state index is 14.1. The number of fused-ring (bicyclic) bond motifs is 1. The van der Waals surface area contributed by atoms with Gasteiger partial charge >= 0.3 is 0 Å². The van der Waals surface area contributed by atoms with Gasteiger partial charge in [-0.25, -0.2) is 9.37 Å². The lowest BCUT2D eigenvalue weighted by Crippen LogP contribution is -2.41. The van der Waals surface area contributed by atoms with Gasteiger partial charge < -0.3 is 9.32 Å². The minimum atomic E-state index is -0.495. The Labute approximate surface area is 176 Å². The summed E-state index contributed by atoms with van der Waals surface area (Å²) in [5, 5.41) is 8.05. The molecule has 1 aliphatic heterocycles. The highest BCUT2D eigenvalue weighted by Crippen LogP contribution is 2.33. The second-order valence-electron chi connectivity index (χ2n) is 7.34. The molecule has 1 saturated heterocycles. The van der Waals surface area contributed by atoms with Crippen molar-refractivity contribution in [3.63, 3.8) is 0 Å². The molecule has 9 heteroatoms. The van der Waals surface area contributed by atoms with E-state index in [4.69, 9.17) is 4.42 Å². The number of carbonyl (C=O) groups is 1. The van der Waals surface area contributed by atoms with Gasteiger partial charge in [0.25, 0.3) is 17.4 Å². The van der Waals surface area contributed by atoms with Crippen molar-refractivity contribution in [2.75, 3.05) is 6.54 Å². The molecule has 0 N–H and O–H groups in total. The van der Waals surface area contributed by atoms with Crippen molar-refractivity contribution in [2.45, 2.75) is 25.3 Å². The van der Waals surface area contributed by atoms with Gasteiger partial charge in [-0.1, -0.05) is 18.2 Å². The summed E-state index contributed by atoms with van der Waals surface area (Å²) in [5.41, 5.74) is 0.208. The first-order valence-electron chi connectivity index (χ1n) is 9.99. The van der Waals surface area contributed by atoms with Crippen LogP contribution in [0, 0.1) is 5.82 Å². The summed E-state index contributed by atoms with van der Waals surface area (Å²) in [5.74, 6) is -0.630. The molecule has 3 aromatic heterocycles. The first-order valence-corrected chi connectivity index (χ1v) is 9.99. The summed E-state index contributed by atoms with van der Waals surface area (Å²) in [4.78, 5) is 32.0. The molecule has 156 valence electrons. The Hall–Kier alpha value is -3.88. The van der Waals surface area contributed by atoms with Gasteiger partial charge in [0.1, 0.15) is 23.1 Å². The highest BCUT2D eigenvalue weighted by molar-refractivity contribution is 5.94. The molecular formula is C22H18FN5O3. The fourth-order valence-electron chi connectivity index (χ4n) is 3.87. The van der Waals surface area contributed by atoms with Crippen molar-refractivity contribution in [1.29, 1.82) is 0 Å². The van der Waals surface area contributed by atoms with E-state index < -0.39 is 23.3 Å². The zero-order valence-corrected chi connectivity index (χ0v) is 16.4. The Kier molecular flexibility index (Phi) is 4.78. The van der Waals surface area contributed by atoms with Crippen molar-refractivity contribution in [3.8, 4) is 11.5 Å². The average molecular weight is 419 g/mol. The van der Waals surface area contributed by atoms with Crippen LogP contribution in [0.3, 0.4) is 0 Å². The minimum absolute atomic E-state index is 0.0237. The largest absolute Gasteiger partial charge is 0.418 e. The monoisotopic (exact) mass is 419 g/mol. The van der Waals surface area contributed by atoms with Crippen molar-refractivity contribution in [1.82, 2.24) is 24.5 Å². The number of carbonyl (C=O) groups excluding carboxylic acids is 1. The minimum Gasteiger partial charge on any atom is -0.418 e. The number of pyridine rings is 1. The fraction of sp³-hybridized carbons (Fsp3) is 0.227. The van der Waals surface area contributed by atoms with Crippen LogP contribution in [0.25, 0.3) is 17.1 Å². The van der Waals surface area contributed by atoms with E-state index in [0.29, 0.717) is 18.6 Å². The molecule has 0 radical (unpaired) electrons. The number of rotatable bonds is 3. The number of nitrogens with zero attached hydrogens (tertiary/aromatic N) is 5. The molecule has 0 aliphatic carbocycles. The van der Waals surface area contributed by atoms with E-state index in [-0.39, 0.29) is 22.9 Å². The highest BCUT2D eigenvalue weighted by atomic mass is 19.1. The van der Waals surface area contributed by atoms with Gasteiger partial charge in [0, 0.05) is 18.9 Å². The van der Waals surface area contributed by atoms with Gasteiger partial charge in [-0.2, -0.15) is 0 Å². The average Bonchev–Trinajstić information content (AvgIpc) is 3.29. The lowest BCUT2D eigenvalue weighted by atomic mass is 10.0. The molecule has 5 rings (SSSR count). The summed E-state index contributed by atoms with van der Waals surface area (Å²) >= 11 is 0. The number of halogens is 1. The van der Waals surface area contributed by atoms with Gasteiger partial charge in [0.05, 0.1) is 5.56 Å². The van der Waals surface area contributed by atoms with Crippen molar-refractivity contribution in [2.24, 2.45) is 0 Å². The Bertz CT molecular complexity index is 1330. The van der Waals surface area contributed by atoms with Crippen LogP contribution in [0.1, 0.15) is 41.6 Å². The third-order valence-electron chi connectivity index (χ3n) is 5.44. The number of benzene rings is 1. The standard InChI is InChI=1S/C22H18FN5O3/c23-16-8-2-1-7-14(16)19-25-26-20(31-19)17-9-3-5-11-27(17)21(29)15-13-24-18-10-4-6-12-28(18)22(15)30/h1-2,4,6-8,10,12-13,17H,3,5,9,11H2/t17-/m0/s1. The summed E-state index contributed by atoms with van der Waals surface area (Å²) in [7, 11) is 0. The highest BCUT2D eigenvalue weighted by Gasteiger charge is 2.34. The van der Waals surface area contributed by atoms with Gasteiger partial charge in [0.15, 0.2) is 0 Å². The van der Waals surface area contributed by atoms with Crippen LogP contribution < -0.4 is 5.56 Å². The van der Waals surface area contributed by atoms with E-state index in [1.165, 1.54) is 16.7 Å². The topological polar surface area (TPSA) is 93.6 Å². The van der Waals surface area contributed by atoms with Crippen LogP contribution in [0.5, 0.6) is 0 Å². The second-order valence-corrected chi connectivity index (χ2v) is 7.34. The first-order chi connectivity index (χ1) is 15.1. The Morgan fingerprint density at radius 3 is 2.81 bits per heavy atom. The smallest absolute Gasteiger partial charge is 0.270 e. The molecule has 1 fully saturated rings. The molecule has 1 aliphatic rings. The zero-order chi connectivity index (χ0) is 21.4. The fourth-order valence-corrected chi connectivity index (χ4v) is 3.87. The van der Waals surface area contributed by atoms with E-state index in [0.717, 1.165) is 12.8 Å². The number of aromatic nitrogens is 4. The maximum absolute atomic E-state index is 14.1. The third-order valence-corrected chi connectivity index (χ3v) is 5.44. The SMILES string of the molecule is O=C(c1cnc2ccccn2c1=O)N1CCCC[C@H]1c1nnc(-c2ccccc2F)o1. The molecule has 0 bridgehead atoms. The van der Waals surface area contributed by atoms with Crippen LogP contribution in [0.2, 0.25) is 0 Å². The number of hydrogen-bond acceptors (Lipinski definition) is 6. The number of likely N-dealkylation sites (tertiary alicyclic amines) is 1. The molecular weight excluding hydrogens is 401 g/mol. The maximum Gasteiger partial charge on any atom is 0.270 e. The van der Waals surface area contributed by atoms with Crippen LogP contribution in [-0.4, -0.2) is 36.9 Å². The van der Waals surface area contributed by atoms with Crippen LogP contribution in [-0.2, 0) is 0 Å². The lowest BCUT2D eigenvalue weighted by Gasteiger charge is -2.33. The summed E-state index contributed by atoms with van der Waals surface area (Å²) in [6.07, 6.45) is 5.14. The van der Waals surface area contributed by atoms with E-state index in [1.807, 2.05) is 0 Å². The predicted molar refractivity (Wildman–Crippen MR) is 109 cm³/mol. The normalized spacial score (nSPS) is 16.5. The van der Waals surface area contributed by atoms with Crippen molar-refractivity contribution < 1.29 is 13.6 Å².